The molecule has 10 nitrogen and oxygen atoms in total. The molecule has 5 fully saturated rings. The van der Waals surface area contributed by atoms with Crippen LogP contribution in [0.5, 0.6) is 0 Å². The van der Waals surface area contributed by atoms with Crippen molar-refractivity contribution in [3.63, 3.8) is 0 Å². The number of esters is 4. The van der Waals surface area contributed by atoms with Crippen LogP contribution in [0.1, 0.15) is 139 Å². The van der Waals surface area contributed by atoms with Gasteiger partial charge in [0.25, 0.3) is 0 Å². The highest BCUT2D eigenvalue weighted by atomic mass is 16.7. The number of ether oxygens (including phenoxy) is 5. The fourth-order valence-electron chi connectivity index (χ4n) is 12.9. The van der Waals surface area contributed by atoms with Gasteiger partial charge in [0.05, 0.1) is 6.10 Å². The first-order valence-electron chi connectivity index (χ1n) is 20.3. The van der Waals surface area contributed by atoms with E-state index in [9.17, 15) is 24.0 Å². The zero-order chi connectivity index (χ0) is 38.7. The molecule has 0 radical (unpaired) electrons. The minimum Gasteiger partial charge on any atom is -0.463 e. The van der Waals surface area contributed by atoms with Crippen LogP contribution in [0.25, 0.3) is 0 Å². The third kappa shape index (κ3) is 7.48. The van der Waals surface area contributed by atoms with Crippen LogP contribution in [-0.2, 0) is 47.7 Å². The monoisotopic (exact) mass is 740 g/mol. The number of rotatable bonds is 8. The van der Waals surface area contributed by atoms with Crippen molar-refractivity contribution < 1.29 is 47.7 Å². The molecular formula is C43H64O10. The molecule has 0 N–H and O–H groups in total. The minimum absolute atomic E-state index is 0.0209. The molecule has 0 spiro atoms. The van der Waals surface area contributed by atoms with Crippen LogP contribution in [-0.4, -0.2) is 66.8 Å². The Morgan fingerprint density at radius 3 is 2.04 bits per heavy atom. The Labute approximate surface area is 316 Å². The topological polar surface area (TPSA) is 132 Å². The molecule has 13 unspecified atom stereocenters. The van der Waals surface area contributed by atoms with E-state index in [0.717, 1.165) is 57.8 Å². The quantitative estimate of drug-likeness (QED) is 0.140. The van der Waals surface area contributed by atoms with E-state index < -0.39 is 54.4 Å². The molecule has 13 atom stereocenters. The third-order valence-electron chi connectivity index (χ3n) is 15.4. The molecule has 296 valence electrons. The number of fused-ring (bicyclic) bond motifs is 7. The first-order valence-corrected chi connectivity index (χ1v) is 20.3. The summed E-state index contributed by atoms with van der Waals surface area (Å²) in [6.45, 7) is 17.0. The van der Waals surface area contributed by atoms with E-state index in [1.807, 2.05) is 0 Å². The Kier molecular flexibility index (Phi) is 11.1. The Bertz CT molecular complexity index is 1500. The van der Waals surface area contributed by atoms with E-state index in [0.29, 0.717) is 42.3 Å². The molecule has 0 aromatic heterocycles. The molecule has 4 saturated carbocycles. The van der Waals surface area contributed by atoms with Crippen molar-refractivity contribution in [3.05, 3.63) is 11.6 Å². The molecule has 53 heavy (non-hydrogen) atoms. The van der Waals surface area contributed by atoms with Gasteiger partial charge in [-0.15, -0.1) is 0 Å². The predicted octanol–water partition coefficient (Wildman–Crippen LogP) is 7.48. The van der Waals surface area contributed by atoms with Crippen LogP contribution in [0.3, 0.4) is 0 Å². The summed E-state index contributed by atoms with van der Waals surface area (Å²) in [5.74, 6) is 0.238. The largest absolute Gasteiger partial charge is 0.463 e. The van der Waals surface area contributed by atoms with Crippen LogP contribution in [0.2, 0.25) is 0 Å². The maximum Gasteiger partial charge on any atom is 0.303 e. The molecule has 6 aliphatic rings. The zero-order valence-electron chi connectivity index (χ0n) is 33.6. The minimum atomic E-state index is -1.14. The van der Waals surface area contributed by atoms with Crippen LogP contribution in [0.15, 0.2) is 11.6 Å². The van der Waals surface area contributed by atoms with Gasteiger partial charge in [-0.1, -0.05) is 46.3 Å². The van der Waals surface area contributed by atoms with Gasteiger partial charge in [-0.25, -0.2) is 0 Å². The van der Waals surface area contributed by atoms with Crippen molar-refractivity contribution in [3.8, 4) is 0 Å². The molecule has 0 bridgehead atoms. The summed E-state index contributed by atoms with van der Waals surface area (Å²) >= 11 is 0. The molecule has 10 heteroatoms. The normalized spacial score (nSPS) is 43.0. The number of carbonyl (C=O) groups excluding carboxylic acids is 5. The summed E-state index contributed by atoms with van der Waals surface area (Å²) in [6, 6.07) is 0. The average molecular weight is 741 g/mol. The molecule has 1 heterocycles. The lowest BCUT2D eigenvalue weighted by atomic mass is 9.38. The summed E-state index contributed by atoms with van der Waals surface area (Å²) < 4.78 is 29.2. The van der Waals surface area contributed by atoms with Gasteiger partial charge in [-0.3, -0.25) is 24.0 Å². The standard InChI is InChI=1S/C43H64O10/c1-24-30-12-16-42(9)31-13-18-43(21-20-40(6,7)22-32(43)29(31)10-11-36(42)41(30,8)17-14-33(24)48)19-15-34-37(50-26(3)45)39(52-28(5)47)38(51-27(4)46)35(53-34)23-49-25(2)44/h10,24,30-32,34-39H,11-23H2,1-9H3. The van der Waals surface area contributed by atoms with E-state index >= 15 is 0 Å². The van der Waals surface area contributed by atoms with Crippen molar-refractivity contribution in [1.29, 1.82) is 0 Å². The van der Waals surface area contributed by atoms with Gasteiger partial charge < -0.3 is 23.7 Å². The van der Waals surface area contributed by atoms with E-state index in [1.165, 1.54) is 34.1 Å². The smallest absolute Gasteiger partial charge is 0.303 e. The van der Waals surface area contributed by atoms with Gasteiger partial charge >= 0.3 is 23.9 Å². The van der Waals surface area contributed by atoms with E-state index in [4.69, 9.17) is 23.7 Å². The Hall–Kier alpha value is -2.75. The molecule has 1 saturated heterocycles. The van der Waals surface area contributed by atoms with Crippen LogP contribution in [0, 0.1) is 51.2 Å². The Morgan fingerprint density at radius 1 is 0.755 bits per heavy atom. The lowest BCUT2D eigenvalue weighted by Crippen LogP contribution is -2.62. The first kappa shape index (κ1) is 39.9. The molecule has 0 amide bonds. The third-order valence-corrected chi connectivity index (χ3v) is 15.4. The summed E-state index contributed by atoms with van der Waals surface area (Å²) in [4.78, 5) is 62.0. The van der Waals surface area contributed by atoms with Gasteiger partial charge in [-0.2, -0.15) is 0 Å². The molecule has 0 aromatic carbocycles. The fourth-order valence-corrected chi connectivity index (χ4v) is 12.9. The van der Waals surface area contributed by atoms with Gasteiger partial charge in [0.1, 0.15) is 18.5 Å². The lowest BCUT2D eigenvalue weighted by Gasteiger charge is -2.66. The molecular weight excluding hydrogens is 676 g/mol. The Balaban J connectivity index is 1.31. The highest BCUT2D eigenvalue weighted by Gasteiger charge is 2.63. The SMILES string of the molecule is CC(=O)OCC1OC(CCC23CCC4C(=CCC5C4(C)CCC4C(C)C(=O)CCC45C)C2CC(C)(C)CC3)C(OC(C)=O)C(OC(C)=O)C1OC(C)=O. The summed E-state index contributed by atoms with van der Waals surface area (Å²) in [5, 5.41) is 0. The fraction of sp³-hybridized carbons (Fsp3) is 0.837. The summed E-state index contributed by atoms with van der Waals surface area (Å²) in [7, 11) is 0. The number of allylic oxidation sites excluding steroid dienone is 2. The maximum absolute atomic E-state index is 12.9. The number of hydrogen-bond acceptors (Lipinski definition) is 10. The molecule has 1 aliphatic heterocycles. The predicted molar refractivity (Wildman–Crippen MR) is 196 cm³/mol. The molecule has 6 rings (SSSR count). The second-order valence-corrected chi connectivity index (χ2v) is 19.1. The molecule has 0 aromatic rings. The highest BCUT2D eigenvalue weighted by Crippen LogP contribution is 2.71. The summed E-state index contributed by atoms with van der Waals surface area (Å²) in [6.07, 6.45) is 9.70. The lowest BCUT2D eigenvalue weighted by molar-refractivity contribution is -0.254. The maximum atomic E-state index is 12.9. The number of hydrogen-bond donors (Lipinski definition) is 0. The Morgan fingerprint density at radius 2 is 1.40 bits per heavy atom. The average Bonchev–Trinajstić information content (AvgIpc) is 3.06. The van der Waals surface area contributed by atoms with Gasteiger partial charge in [0.2, 0.25) is 0 Å². The van der Waals surface area contributed by atoms with Crippen LogP contribution >= 0.6 is 0 Å². The van der Waals surface area contributed by atoms with E-state index in [1.54, 1.807) is 5.57 Å². The molecule has 5 aliphatic carbocycles. The van der Waals surface area contributed by atoms with Crippen molar-refractivity contribution in [2.75, 3.05) is 6.61 Å². The van der Waals surface area contributed by atoms with Crippen molar-refractivity contribution in [2.24, 2.45) is 51.2 Å². The first-order chi connectivity index (χ1) is 24.8. The highest BCUT2D eigenvalue weighted by molar-refractivity contribution is 5.82. The van der Waals surface area contributed by atoms with Crippen molar-refractivity contribution in [1.82, 2.24) is 0 Å². The second kappa shape index (κ2) is 14.7. The van der Waals surface area contributed by atoms with E-state index in [-0.39, 0.29) is 34.2 Å². The zero-order valence-corrected chi connectivity index (χ0v) is 33.6. The van der Waals surface area contributed by atoms with E-state index in [2.05, 4.69) is 40.7 Å². The van der Waals surface area contributed by atoms with Crippen LogP contribution in [0.4, 0.5) is 0 Å². The number of carbonyl (C=O) groups is 5. The number of ketones is 1. The van der Waals surface area contributed by atoms with Gasteiger partial charge in [0, 0.05) is 40.0 Å². The second-order valence-electron chi connectivity index (χ2n) is 19.1. The number of Topliss-reactive ketones (excluding diaryl/α,β-unsaturated/α-hetero) is 1. The summed E-state index contributed by atoms with van der Waals surface area (Å²) in [5.41, 5.74) is 2.24. The van der Waals surface area contributed by atoms with Crippen LogP contribution < -0.4 is 0 Å². The van der Waals surface area contributed by atoms with Crippen molar-refractivity contribution >= 4 is 29.7 Å². The van der Waals surface area contributed by atoms with Gasteiger partial charge in [-0.05, 0) is 116 Å². The van der Waals surface area contributed by atoms with Crippen molar-refractivity contribution in [2.45, 2.75) is 170 Å². The van der Waals surface area contributed by atoms with Gasteiger partial charge in [0.15, 0.2) is 18.3 Å².